The Labute approximate surface area is 154 Å². The van der Waals surface area contributed by atoms with Crippen LogP contribution >= 0.6 is 0 Å². The molecule has 2 fully saturated rings. The number of nitrogens with zero attached hydrogens (tertiary/aromatic N) is 3. The molecule has 0 spiro atoms. The predicted molar refractivity (Wildman–Crippen MR) is 99.5 cm³/mol. The average Bonchev–Trinajstić information content (AvgIpc) is 2.90. The molecular formula is C21H25N3O2. The molecule has 0 amide bonds. The van der Waals surface area contributed by atoms with Crippen LogP contribution in [0, 0.1) is 29.1 Å². The molecule has 3 unspecified atom stereocenters. The smallest absolute Gasteiger partial charge is 0.131 e. The van der Waals surface area contributed by atoms with Crippen LogP contribution in [0.2, 0.25) is 0 Å². The van der Waals surface area contributed by atoms with E-state index in [-0.39, 0.29) is 12.0 Å². The van der Waals surface area contributed by atoms with Crippen LogP contribution in [-0.4, -0.2) is 22.4 Å². The molecule has 1 aromatic carbocycles. The second kappa shape index (κ2) is 6.23. The summed E-state index contributed by atoms with van der Waals surface area (Å²) in [4.78, 5) is 2.73. The number of hydrogen-bond donors (Lipinski definition) is 2. The Balaban J connectivity index is 1.63. The van der Waals surface area contributed by atoms with Gasteiger partial charge in [-0.2, -0.15) is 0 Å². The van der Waals surface area contributed by atoms with Crippen molar-refractivity contribution in [2.24, 2.45) is 22.4 Å². The van der Waals surface area contributed by atoms with Gasteiger partial charge in [0.05, 0.1) is 6.54 Å². The molecule has 26 heavy (non-hydrogen) atoms. The minimum Gasteiger partial charge on any atom is -0.508 e. The van der Waals surface area contributed by atoms with Crippen molar-refractivity contribution in [2.45, 2.75) is 57.0 Å². The second-order valence-electron chi connectivity index (χ2n) is 8.34. The van der Waals surface area contributed by atoms with Crippen molar-refractivity contribution in [3.05, 3.63) is 39.8 Å². The summed E-state index contributed by atoms with van der Waals surface area (Å²) in [7, 11) is 0. The van der Waals surface area contributed by atoms with Crippen molar-refractivity contribution in [3.8, 4) is 17.6 Å². The molecule has 0 saturated heterocycles. The fraction of sp³-hybridized carbons (Fsp3) is 0.619. The summed E-state index contributed by atoms with van der Waals surface area (Å²) >= 11 is 0. The quantitative estimate of drug-likeness (QED) is 0.342. The van der Waals surface area contributed by atoms with Gasteiger partial charge in [0.2, 0.25) is 0 Å². The number of azide groups is 1. The number of rotatable bonds is 1. The largest absolute Gasteiger partial charge is 0.508 e. The predicted octanol–water partition coefficient (Wildman–Crippen LogP) is 4.29. The summed E-state index contributed by atoms with van der Waals surface area (Å²) in [5, 5.41) is 24.6. The van der Waals surface area contributed by atoms with Crippen LogP contribution in [0.5, 0.6) is 5.75 Å². The molecule has 0 aliphatic heterocycles. The summed E-state index contributed by atoms with van der Waals surface area (Å²) in [6.07, 6.45) is 5.81. The highest BCUT2D eigenvalue weighted by molar-refractivity contribution is 5.40. The van der Waals surface area contributed by atoms with Crippen molar-refractivity contribution in [2.75, 3.05) is 6.54 Å². The highest BCUT2D eigenvalue weighted by Gasteiger charge is 2.61. The maximum absolute atomic E-state index is 11.3. The van der Waals surface area contributed by atoms with E-state index in [9.17, 15) is 10.2 Å². The lowest BCUT2D eigenvalue weighted by atomic mass is 9.53. The van der Waals surface area contributed by atoms with Gasteiger partial charge in [-0.1, -0.05) is 29.9 Å². The Morgan fingerprint density at radius 1 is 1.31 bits per heavy atom. The highest BCUT2D eigenvalue weighted by atomic mass is 16.3. The first-order valence-corrected chi connectivity index (χ1v) is 9.53. The van der Waals surface area contributed by atoms with Gasteiger partial charge < -0.3 is 10.2 Å². The Bertz CT molecular complexity index is 835. The maximum atomic E-state index is 11.3. The van der Waals surface area contributed by atoms with E-state index < -0.39 is 5.60 Å². The second-order valence-corrected chi connectivity index (χ2v) is 8.34. The molecule has 3 aliphatic carbocycles. The first-order chi connectivity index (χ1) is 12.5. The van der Waals surface area contributed by atoms with Gasteiger partial charge in [0.1, 0.15) is 11.4 Å². The first kappa shape index (κ1) is 17.3. The molecule has 2 N–H and O–H groups in total. The molecule has 136 valence electrons. The summed E-state index contributed by atoms with van der Waals surface area (Å²) in [5.41, 5.74) is 9.90. The molecule has 0 bridgehead atoms. The van der Waals surface area contributed by atoms with Gasteiger partial charge in [-0.25, -0.2) is 0 Å². The van der Waals surface area contributed by atoms with Crippen LogP contribution in [0.1, 0.15) is 56.1 Å². The van der Waals surface area contributed by atoms with E-state index in [1.165, 1.54) is 11.1 Å². The van der Waals surface area contributed by atoms with Crippen molar-refractivity contribution in [1.82, 2.24) is 0 Å². The third-order valence-corrected chi connectivity index (χ3v) is 7.37. The van der Waals surface area contributed by atoms with Gasteiger partial charge >= 0.3 is 0 Å². The van der Waals surface area contributed by atoms with Crippen molar-refractivity contribution < 1.29 is 10.2 Å². The molecule has 0 aromatic heterocycles. The van der Waals surface area contributed by atoms with Crippen LogP contribution in [-0.2, 0) is 6.42 Å². The number of aryl methyl sites for hydroxylation is 1. The number of phenols is 1. The van der Waals surface area contributed by atoms with E-state index in [0.717, 1.165) is 32.1 Å². The summed E-state index contributed by atoms with van der Waals surface area (Å²) < 4.78 is 0. The van der Waals surface area contributed by atoms with Gasteiger partial charge in [0, 0.05) is 10.3 Å². The standard InChI is InChI=1S/C21H25N3O2/c1-20-10-7-17-16-6-4-15(25)13-14(16)3-5-18(17)19(20)8-11-21(20,26)9-2-12-23-24-22/h4,6,13,17-19,25-26H,3,5,7-8,10-12H2,1H3/t17?,18?,19?,20-,21-/m0/s1. The zero-order valence-electron chi connectivity index (χ0n) is 15.1. The van der Waals surface area contributed by atoms with Crippen molar-refractivity contribution in [1.29, 1.82) is 0 Å². The third kappa shape index (κ3) is 2.48. The normalized spacial score (nSPS) is 37.4. The number of aromatic hydroxyl groups is 1. The Kier molecular flexibility index (Phi) is 4.14. The Morgan fingerprint density at radius 3 is 2.96 bits per heavy atom. The molecule has 1 aromatic rings. The van der Waals surface area contributed by atoms with Gasteiger partial charge in [-0.05, 0) is 85.1 Å². The lowest BCUT2D eigenvalue weighted by Crippen LogP contribution is -2.50. The summed E-state index contributed by atoms with van der Waals surface area (Å²) in [6, 6.07) is 5.83. The molecule has 0 radical (unpaired) electrons. The van der Waals surface area contributed by atoms with Crippen LogP contribution in [0.15, 0.2) is 23.3 Å². The topological polar surface area (TPSA) is 89.2 Å². The molecule has 0 heterocycles. The number of benzene rings is 1. The lowest BCUT2D eigenvalue weighted by Gasteiger charge is -2.52. The van der Waals surface area contributed by atoms with Crippen molar-refractivity contribution >= 4 is 0 Å². The fourth-order valence-electron chi connectivity index (χ4n) is 6.04. The number of hydrogen-bond acceptors (Lipinski definition) is 3. The van der Waals surface area contributed by atoms with E-state index in [2.05, 4.69) is 34.9 Å². The van der Waals surface area contributed by atoms with E-state index >= 15 is 0 Å². The molecule has 2 saturated carbocycles. The van der Waals surface area contributed by atoms with E-state index in [4.69, 9.17) is 5.53 Å². The summed E-state index contributed by atoms with van der Waals surface area (Å²) in [5.74, 6) is 7.84. The number of aliphatic hydroxyl groups is 1. The molecule has 5 nitrogen and oxygen atoms in total. The van der Waals surface area contributed by atoms with Gasteiger partial charge in [0.15, 0.2) is 0 Å². The maximum Gasteiger partial charge on any atom is 0.131 e. The minimum absolute atomic E-state index is 0.114. The third-order valence-electron chi connectivity index (χ3n) is 7.37. The van der Waals surface area contributed by atoms with Crippen molar-refractivity contribution in [3.63, 3.8) is 0 Å². The highest BCUT2D eigenvalue weighted by Crippen LogP contribution is 2.64. The van der Waals surface area contributed by atoms with Gasteiger partial charge in [0.25, 0.3) is 0 Å². The minimum atomic E-state index is -0.983. The zero-order valence-corrected chi connectivity index (χ0v) is 15.1. The monoisotopic (exact) mass is 351 g/mol. The summed E-state index contributed by atoms with van der Waals surface area (Å²) in [6.45, 7) is 2.32. The van der Waals surface area contributed by atoms with Crippen LogP contribution in [0.25, 0.3) is 10.4 Å². The first-order valence-electron chi connectivity index (χ1n) is 9.53. The van der Waals surface area contributed by atoms with Gasteiger partial charge in [-0.15, -0.1) is 0 Å². The van der Waals surface area contributed by atoms with Crippen LogP contribution < -0.4 is 0 Å². The molecule has 5 atom stereocenters. The number of phenolic OH excluding ortho intramolecular Hbond substituents is 1. The van der Waals surface area contributed by atoms with Crippen LogP contribution in [0.4, 0.5) is 0 Å². The van der Waals surface area contributed by atoms with E-state index in [1.54, 1.807) is 6.07 Å². The average molecular weight is 351 g/mol. The molecule has 5 heteroatoms. The Morgan fingerprint density at radius 2 is 2.15 bits per heavy atom. The van der Waals surface area contributed by atoms with Crippen LogP contribution in [0.3, 0.4) is 0 Å². The fourth-order valence-corrected chi connectivity index (χ4v) is 6.04. The molecule has 3 aliphatic rings. The zero-order chi connectivity index (χ0) is 18.4. The molecular weight excluding hydrogens is 326 g/mol. The number of fused-ring (bicyclic) bond motifs is 5. The van der Waals surface area contributed by atoms with E-state index in [1.807, 2.05) is 6.07 Å². The lowest BCUT2D eigenvalue weighted by molar-refractivity contribution is -0.0648. The van der Waals surface area contributed by atoms with Gasteiger partial charge in [-0.3, -0.25) is 0 Å². The Hall–Kier alpha value is -2.15. The molecule has 4 rings (SSSR count). The SMILES string of the molecule is C[C@]12CCC3c4ccc(O)cc4CCC3C1CC[C@@]2(O)C#CCN=[N+]=[N-]. The van der Waals surface area contributed by atoms with E-state index in [0.29, 0.717) is 29.9 Å².